The summed E-state index contributed by atoms with van der Waals surface area (Å²) in [4.78, 5) is 13.3. The molecule has 110 valence electrons. The summed E-state index contributed by atoms with van der Waals surface area (Å²) in [5.74, 6) is 0. The van der Waals surface area contributed by atoms with Crippen molar-refractivity contribution >= 4 is 11.4 Å². The van der Waals surface area contributed by atoms with Gasteiger partial charge in [0.05, 0.1) is 4.92 Å². The van der Waals surface area contributed by atoms with Gasteiger partial charge in [0, 0.05) is 18.7 Å². The third-order valence-corrected chi connectivity index (χ3v) is 3.86. The van der Waals surface area contributed by atoms with E-state index >= 15 is 0 Å². The van der Waals surface area contributed by atoms with Gasteiger partial charge in [-0.2, -0.15) is 0 Å². The van der Waals surface area contributed by atoms with E-state index in [0.29, 0.717) is 11.3 Å². The number of anilines is 1. The number of aryl methyl sites for hydroxylation is 1. The molecule has 1 N–H and O–H groups in total. The van der Waals surface area contributed by atoms with E-state index in [1.54, 1.807) is 19.1 Å². The molecule has 0 radical (unpaired) electrons. The van der Waals surface area contributed by atoms with E-state index in [9.17, 15) is 10.1 Å². The van der Waals surface area contributed by atoms with Gasteiger partial charge in [-0.25, -0.2) is 0 Å². The Balaban J connectivity index is 1.90. The first kappa shape index (κ1) is 14.8. The standard InChI is InChI=1S/C15H23N3O2/c1-13-7-6-8-14(15(13)18(19)20)16-9-12-17-10-4-2-3-5-11-17/h6-8,16H,2-5,9-12H2,1H3. The molecule has 20 heavy (non-hydrogen) atoms. The summed E-state index contributed by atoms with van der Waals surface area (Å²) in [6.45, 7) is 5.78. The maximum atomic E-state index is 11.1. The molecule has 0 aliphatic carbocycles. The van der Waals surface area contributed by atoms with Crippen molar-refractivity contribution in [3.05, 3.63) is 33.9 Å². The molecule has 1 aliphatic heterocycles. The van der Waals surface area contributed by atoms with Gasteiger partial charge in [0.2, 0.25) is 0 Å². The number of nitro benzene ring substituents is 1. The van der Waals surface area contributed by atoms with E-state index in [0.717, 1.165) is 26.2 Å². The van der Waals surface area contributed by atoms with Crippen LogP contribution < -0.4 is 5.32 Å². The van der Waals surface area contributed by atoms with Crippen LogP contribution in [0.2, 0.25) is 0 Å². The lowest BCUT2D eigenvalue weighted by atomic mass is 10.1. The Bertz CT molecular complexity index is 454. The van der Waals surface area contributed by atoms with E-state index in [2.05, 4.69) is 10.2 Å². The minimum Gasteiger partial charge on any atom is -0.378 e. The monoisotopic (exact) mass is 277 g/mol. The maximum absolute atomic E-state index is 11.1. The van der Waals surface area contributed by atoms with Gasteiger partial charge in [-0.3, -0.25) is 10.1 Å². The third-order valence-electron chi connectivity index (χ3n) is 3.86. The zero-order valence-electron chi connectivity index (χ0n) is 12.1. The molecular formula is C15H23N3O2. The number of nitrogens with one attached hydrogen (secondary N) is 1. The molecule has 0 spiro atoms. The van der Waals surface area contributed by atoms with Crippen LogP contribution in [0.4, 0.5) is 11.4 Å². The Kier molecular flexibility index (Phi) is 5.35. The van der Waals surface area contributed by atoms with Crippen molar-refractivity contribution < 1.29 is 4.92 Å². The molecule has 0 bridgehead atoms. The average molecular weight is 277 g/mol. The van der Waals surface area contributed by atoms with Gasteiger partial charge in [0.15, 0.2) is 0 Å². The van der Waals surface area contributed by atoms with E-state index < -0.39 is 0 Å². The predicted molar refractivity (Wildman–Crippen MR) is 81.2 cm³/mol. The molecule has 5 nitrogen and oxygen atoms in total. The first-order valence-electron chi connectivity index (χ1n) is 7.39. The summed E-state index contributed by atoms with van der Waals surface area (Å²) in [5.41, 5.74) is 1.53. The van der Waals surface area contributed by atoms with Crippen molar-refractivity contribution in [3.63, 3.8) is 0 Å². The largest absolute Gasteiger partial charge is 0.378 e. The second kappa shape index (κ2) is 7.24. The number of nitro groups is 1. The second-order valence-electron chi connectivity index (χ2n) is 5.41. The van der Waals surface area contributed by atoms with Crippen LogP contribution in [-0.2, 0) is 0 Å². The summed E-state index contributed by atoms with van der Waals surface area (Å²) in [6, 6.07) is 5.42. The van der Waals surface area contributed by atoms with Gasteiger partial charge in [0.1, 0.15) is 5.69 Å². The van der Waals surface area contributed by atoms with Crippen molar-refractivity contribution in [2.45, 2.75) is 32.6 Å². The fourth-order valence-electron chi connectivity index (χ4n) is 2.75. The Labute approximate surface area is 120 Å². The minimum absolute atomic E-state index is 0.198. The van der Waals surface area contributed by atoms with Gasteiger partial charge < -0.3 is 10.2 Å². The van der Waals surface area contributed by atoms with Crippen LogP contribution in [0, 0.1) is 17.0 Å². The first-order chi connectivity index (χ1) is 9.68. The summed E-state index contributed by atoms with van der Waals surface area (Å²) < 4.78 is 0. The SMILES string of the molecule is Cc1cccc(NCCN2CCCCCC2)c1[N+](=O)[O-]. The van der Waals surface area contributed by atoms with Crippen LogP contribution in [-0.4, -0.2) is 36.0 Å². The first-order valence-corrected chi connectivity index (χ1v) is 7.39. The Hall–Kier alpha value is -1.62. The minimum atomic E-state index is -0.302. The fraction of sp³-hybridized carbons (Fsp3) is 0.600. The molecule has 0 unspecified atom stereocenters. The normalized spacial score (nSPS) is 16.6. The second-order valence-corrected chi connectivity index (χ2v) is 5.41. The number of rotatable bonds is 5. The molecule has 2 rings (SSSR count). The molecule has 1 saturated heterocycles. The molecule has 1 heterocycles. The number of hydrogen-bond acceptors (Lipinski definition) is 4. The topological polar surface area (TPSA) is 58.4 Å². The van der Waals surface area contributed by atoms with Gasteiger partial charge in [0.25, 0.3) is 5.69 Å². The van der Waals surface area contributed by atoms with Crippen molar-refractivity contribution in [1.29, 1.82) is 0 Å². The summed E-state index contributed by atoms with van der Waals surface area (Å²) >= 11 is 0. The number of benzene rings is 1. The summed E-state index contributed by atoms with van der Waals surface area (Å²) in [7, 11) is 0. The highest BCUT2D eigenvalue weighted by molar-refractivity contribution is 5.64. The van der Waals surface area contributed by atoms with Gasteiger partial charge in [-0.15, -0.1) is 0 Å². The molecule has 0 atom stereocenters. The molecule has 1 aromatic carbocycles. The zero-order valence-corrected chi connectivity index (χ0v) is 12.1. The van der Waals surface area contributed by atoms with Gasteiger partial charge in [-0.1, -0.05) is 25.0 Å². The lowest BCUT2D eigenvalue weighted by molar-refractivity contribution is -0.384. The van der Waals surface area contributed by atoms with E-state index in [-0.39, 0.29) is 10.6 Å². The average Bonchev–Trinajstić information content (AvgIpc) is 2.67. The quantitative estimate of drug-likeness (QED) is 0.663. The van der Waals surface area contributed by atoms with E-state index in [4.69, 9.17) is 0 Å². The molecule has 1 aromatic rings. The Morgan fingerprint density at radius 3 is 2.60 bits per heavy atom. The fourth-order valence-corrected chi connectivity index (χ4v) is 2.75. The molecule has 5 heteroatoms. The highest BCUT2D eigenvalue weighted by Gasteiger charge is 2.16. The van der Waals surface area contributed by atoms with Crippen molar-refractivity contribution in [2.24, 2.45) is 0 Å². The Morgan fingerprint density at radius 2 is 1.95 bits per heavy atom. The van der Waals surface area contributed by atoms with Crippen LogP contribution in [0.1, 0.15) is 31.2 Å². The number of hydrogen-bond donors (Lipinski definition) is 1. The number of likely N-dealkylation sites (tertiary alicyclic amines) is 1. The number of para-hydroxylation sites is 1. The van der Waals surface area contributed by atoms with Crippen molar-refractivity contribution in [1.82, 2.24) is 4.90 Å². The number of nitrogens with zero attached hydrogens (tertiary/aromatic N) is 2. The predicted octanol–water partition coefficient (Wildman–Crippen LogP) is 3.19. The molecule has 0 saturated carbocycles. The lowest BCUT2D eigenvalue weighted by Crippen LogP contribution is -2.30. The molecular weight excluding hydrogens is 254 g/mol. The highest BCUT2D eigenvalue weighted by atomic mass is 16.6. The van der Waals surface area contributed by atoms with Crippen LogP contribution in [0.3, 0.4) is 0 Å². The van der Waals surface area contributed by atoms with E-state index in [1.807, 2.05) is 6.07 Å². The van der Waals surface area contributed by atoms with E-state index in [1.165, 1.54) is 25.7 Å². The zero-order chi connectivity index (χ0) is 14.4. The van der Waals surface area contributed by atoms with Crippen LogP contribution >= 0.6 is 0 Å². The highest BCUT2D eigenvalue weighted by Crippen LogP contribution is 2.27. The van der Waals surface area contributed by atoms with Crippen LogP contribution in [0.15, 0.2) is 18.2 Å². The summed E-state index contributed by atoms with van der Waals surface area (Å²) in [5, 5.41) is 14.3. The van der Waals surface area contributed by atoms with Crippen LogP contribution in [0.5, 0.6) is 0 Å². The maximum Gasteiger partial charge on any atom is 0.295 e. The van der Waals surface area contributed by atoms with Gasteiger partial charge in [-0.05, 0) is 38.9 Å². The lowest BCUT2D eigenvalue weighted by Gasteiger charge is -2.20. The smallest absolute Gasteiger partial charge is 0.295 e. The van der Waals surface area contributed by atoms with Crippen LogP contribution in [0.25, 0.3) is 0 Å². The molecule has 1 aliphatic rings. The van der Waals surface area contributed by atoms with Crippen molar-refractivity contribution in [2.75, 3.05) is 31.5 Å². The van der Waals surface area contributed by atoms with Crippen molar-refractivity contribution in [3.8, 4) is 0 Å². The Morgan fingerprint density at radius 1 is 1.25 bits per heavy atom. The molecule has 0 aromatic heterocycles. The molecule has 1 fully saturated rings. The third kappa shape index (κ3) is 3.93. The molecule has 0 amide bonds. The van der Waals surface area contributed by atoms with Gasteiger partial charge >= 0.3 is 0 Å². The summed E-state index contributed by atoms with van der Waals surface area (Å²) in [6.07, 6.45) is 5.19.